The third kappa shape index (κ3) is 3.29. The van der Waals surface area contributed by atoms with Gasteiger partial charge in [0.2, 0.25) is 0 Å². The summed E-state index contributed by atoms with van der Waals surface area (Å²) in [4.78, 5) is 18.8. The van der Waals surface area contributed by atoms with Crippen molar-refractivity contribution >= 4 is 5.91 Å². The quantitative estimate of drug-likeness (QED) is 0.867. The van der Waals surface area contributed by atoms with Crippen molar-refractivity contribution in [2.45, 2.75) is 25.0 Å². The van der Waals surface area contributed by atoms with E-state index in [4.69, 9.17) is 10.00 Å². The van der Waals surface area contributed by atoms with E-state index in [0.29, 0.717) is 17.7 Å². The summed E-state index contributed by atoms with van der Waals surface area (Å²) in [6, 6.07) is 12.8. The van der Waals surface area contributed by atoms with Crippen molar-refractivity contribution in [3.8, 4) is 6.07 Å². The van der Waals surface area contributed by atoms with Gasteiger partial charge in [-0.3, -0.25) is 9.78 Å². The van der Waals surface area contributed by atoms with Crippen LogP contribution in [0.3, 0.4) is 0 Å². The summed E-state index contributed by atoms with van der Waals surface area (Å²) in [5.41, 5.74) is 2.17. The Labute approximate surface area is 141 Å². The molecule has 2 atom stereocenters. The third-order valence-corrected chi connectivity index (χ3v) is 4.48. The van der Waals surface area contributed by atoms with Crippen LogP contribution < -0.4 is 0 Å². The number of rotatable bonds is 4. The molecule has 0 bridgehead atoms. The van der Waals surface area contributed by atoms with Crippen LogP contribution in [0.2, 0.25) is 0 Å². The molecule has 2 heterocycles. The van der Waals surface area contributed by atoms with E-state index in [2.05, 4.69) is 11.1 Å². The van der Waals surface area contributed by atoms with Crippen LogP contribution in [0, 0.1) is 11.3 Å². The number of pyridine rings is 1. The molecule has 0 N–H and O–H groups in total. The number of benzene rings is 1. The van der Waals surface area contributed by atoms with Gasteiger partial charge in [0.1, 0.15) is 0 Å². The van der Waals surface area contributed by atoms with E-state index in [9.17, 15) is 4.79 Å². The van der Waals surface area contributed by atoms with Crippen molar-refractivity contribution in [2.24, 2.45) is 0 Å². The first-order chi connectivity index (χ1) is 11.7. The SMILES string of the molecule is CO[C@H]1CCN(C(=O)c2cccc(C#N)c2)[C@H]1Cc1ccncc1. The van der Waals surface area contributed by atoms with E-state index in [1.807, 2.05) is 17.0 Å². The first kappa shape index (κ1) is 16.2. The van der Waals surface area contributed by atoms with Gasteiger partial charge in [-0.1, -0.05) is 6.07 Å². The maximum absolute atomic E-state index is 12.9. The minimum atomic E-state index is -0.0503. The molecular formula is C19H19N3O2. The average Bonchev–Trinajstić information content (AvgIpc) is 3.04. The van der Waals surface area contributed by atoms with Gasteiger partial charge in [-0.2, -0.15) is 5.26 Å². The van der Waals surface area contributed by atoms with Gasteiger partial charge < -0.3 is 9.64 Å². The van der Waals surface area contributed by atoms with Gasteiger partial charge in [-0.15, -0.1) is 0 Å². The molecule has 5 heteroatoms. The Hall–Kier alpha value is -2.71. The molecule has 5 nitrogen and oxygen atoms in total. The number of likely N-dealkylation sites (tertiary alicyclic amines) is 1. The van der Waals surface area contributed by atoms with Crippen LogP contribution in [-0.4, -0.2) is 41.6 Å². The fourth-order valence-corrected chi connectivity index (χ4v) is 3.24. The van der Waals surface area contributed by atoms with Gasteiger partial charge in [0.15, 0.2) is 0 Å². The number of amides is 1. The highest BCUT2D eigenvalue weighted by molar-refractivity contribution is 5.95. The molecule has 0 saturated carbocycles. The number of carbonyl (C=O) groups is 1. The molecule has 1 aromatic heterocycles. The number of ether oxygens (including phenoxy) is 1. The smallest absolute Gasteiger partial charge is 0.254 e. The van der Waals surface area contributed by atoms with Crippen molar-refractivity contribution in [2.75, 3.05) is 13.7 Å². The molecule has 1 fully saturated rings. The van der Waals surface area contributed by atoms with Crippen LogP contribution in [0.1, 0.15) is 27.9 Å². The van der Waals surface area contributed by atoms with E-state index in [1.165, 1.54) is 0 Å². The molecule has 1 amide bonds. The molecule has 1 aromatic carbocycles. The highest BCUT2D eigenvalue weighted by atomic mass is 16.5. The average molecular weight is 321 g/mol. The van der Waals surface area contributed by atoms with Crippen molar-refractivity contribution < 1.29 is 9.53 Å². The summed E-state index contributed by atoms with van der Waals surface area (Å²) in [7, 11) is 1.69. The maximum atomic E-state index is 12.9. The molecule has 0 aliphatic carbocycles. The lowest BCUT2D eigenvalue weighted by atomic mass is 10.0. The zero-order chi connectivity index (χ0) is 16.9. The Morgan fingerprint density at radius 1 is 1.38 bits per heavy atom. The maximum Gasteiger partial charge on any atom is 0.254 e. The van der Waals surface area contributed by atoms with Crippen LogP contribution >= 0.6 is 0 Å². The van der Waals surface area contributed by atoms with Gasteiger partial charge in [-0.25, -0.2) is 0 Å². The second-order valence-corrected chi connectivity index (χ2v) is 5.88. The zero-order valence-electron chi connectivity index (χ0n) is 13.6. The largest absolute Gasteiger partial charge is 0.379 e. The van der Waals surface area contributed by atoms with Crippen molar-refractivity contribution in [3.05, 3.63) is 65.5 Å². The Bertz CT molecular complexity index is 755. The van der Waals surface area contributed by atoms with E-state index in [0.717, 1.165) is 18.4 Å². The van der Waals surface area contributed by atoms with Crippen LogP contribution in [0.25, 0.3) is 0 Å². The van der Waals surface area contributed by atoms with E-state index < -0.39 is 0 Å². The Morgan fingerprint density at radius 2 is 2.17 bits per heavy atom. The van der Waals surface area contributed by atoms with Gasteiger partial charge in [0, 0.05) is 31.6 Å². The summed E-state index contributed by atoms with van der Waals surface area (Å²) in [6.45, 7) is 0.657. The van der Waals surface area contributed by atoms with Gasteiger partial charge >= 0.3 is 0 Å². The van der Waals surface area contributed by atoms with Crippen molar-refractivity contribution in [1.29, 1.82) is 5.26 Å². The molecule has 3 rings (SSSR count). The topological polar surface area (TPSA) is 66.2 Å². The summed E-state index contributed by atoms with van der Waals surface area (Å²) >= 11 is 0. The van der Waals surface area contributed by atoms with Gasteiger partial charge in [-0.05, 0) is 48.7 Å². The minimum absolute atomic E-state index is 0.0151. The molecule has 1 aliphatic heterocycles. The van der Waals surface area contributed by atoms with Crippen molar-refractivity contribution in [1.82, 2.24) is 9.88 Å². The highest BCUT2D eigenvalue weighted by Gasteiger charge is 2.37. The Kier molecular flexibility index (Phi) is 4.88. The fraction of sp³-hybridized carbons (Fsp3) is 0.316. The van der Waals surface area contributed by atoms with Crippen LogP contribution in [0.5, 0.6) is 0 Å². The lowest BCUT2D eigenvalue weighted by Crippen LogP contribution is -2.41. The first-order valence-corrected chi connectivity index (χ1v) is 7.95. The molecule has 122 valence electrons. The molecule has 0 radical (unpaired) electrons. The van der Waals surface area contributed by atoms with E-state index in [1.54, 1.807) is 43.8 Å². The highest BCUT2D eigenvalue weighted by Crippen LogP contribution is 2.26. The monoisotopic (exact) mass is 321 g/mol. The molecule has 0 unspecified atom stereocenters. The molecule has 0 spiro atoms. The van der Waals surface area contributed by atoms with Crippen LogP contribution in [-0.2, 0) is 11.2 Å². The second-order valence-electron chi connectivity index (χ2n) is 5.88. The van der Waals surface area contributed by atoms with E-state index >= 15 is 0 Å². The normalized spacial score (nSPS) is 19.9. The standard InChI is InChI=1S/C19H19N3O2/c1-24-18-7-10-22(17(18)12-14-5-8-21-9-6-14)19(23)16-4-2-3-15(11-16)13-20/h2-6,8-9,11,17-18H,7,10,12H2,1H3/t17-,18-/m0/s1. The zero-order valence-corrected chi connectivity index (χ0v) is 13.6. The number of aromatic nitrogens is 1. The minimum Gasteiger partial charge on any atom is -0.379 e. The van der Waals surface area contributed by atoms with Gasteiger partial charge in [0.25, 0.3) is 5.91 Å². The molecule has 2 aromatic rings. The molecule has 24 heavy (non-hydrogen) atoms. The number of nitriles is 1. The fourth-order valence-electron chi connectivity index (χ4n) is 3.24. The molecule has 1 saturated heterocycles. The summed E-state index contributed by atoms with van der Waals surface area (Å²) < 4.78 is 5.60. The number of methoxy groups -OCH3 is 1. The lowest BCUT2D eigenvalue weighted by Gasteiger charge is -2.28. The predicted octanol–water partition coefficient (Wildman–Crippen LogP) is 2.43. The third-order valence-electron chi connectivity index (χ3n) is 4.48. The second kappa shape index (κ2) is 7.24. The number of nitrogens with zero attached hydrogens (tertiary/aromatic N) is 3. The Morgan fingerprint density at radius 3 is 2.88 bits per heavy atom. The van der Waals surface area contributed by atoms with Crippen LogP contribution in [0.4, 0.5) is 0 Å². The van der Waals surface area contributed by atoms with Gasteiger partial charge in [0.05, 0.1) is 23.8 Å². The summed E-state index contributed by atoms with van der Waals surface area (Å²) in [5.74, 6) is -0.0503. The number of hydrogen-bond acceptors (Lipinski definition) is 4. The summed E-state index contributed by atoms with van der Waals surface area (Å²) in [6.07, 6.45) is 5.07. The van der Waals surface area contributed by atoms with E-state index in [-0.39, 0.29) is 18.1 Å². The first-order valence-electron chi connectivity index (χ1n) is 7.95. The number of hydrogen-bond donors (Lipinski definition) is 0. The molecule has 1 aliphatic rings. The van der Waals surface area contributed by atoms with Crippen LogP contribution in [0.15, 0.2) is 48.8 Å². The van der Waals surface area contributed by atoms with Crippen molar-refractivity contribution in [3.63, 3.8) is 0 Å². The number of carbonyl (C=O) groups excluding carboxylic acids is 1. The Balaban J connectivity index is 1.84. The molecular weight excluding hydrogens is 302 g/mol. The summed E-state index contributed by atoms with van der Waals surface area (Å²) in [5, 5.41) is 9.04. The lowest BCUT2D eigenvalue weighted by molar-refractivity contribution is 0.0508. The predicted molar refractivity (Wildman–Crippen MR) is 89.3 cm³/mol.